The van der Waals surface area contributed by atoms with Crippen molar-refractivity contribution in [1.82, 2.24) is 10.7 Å². The van der Waals surface area contributed by atoms with E-state index in [-0.39, 0.29) is 29.7 Å². The molecule has 1 fully saturated rings. The summed E-state index contributed by atoms with van der Waals surface area (Å²) in [6.45, 7) is 0.00754. The summed E-state index contributed by atoms with van der Waals surface area (Å²) in [6.07, 6.45) is 7.32. The van der Waals surface area contributed by atoms with Gasteiger partial charge in [0.05, 0.1) is 17.2 Å². The quantitative estimate of drug-likeness (QED) is 0.294. The van der Waals surface area contributed by atoms with Crippen LogP contribution >= 0.6 is 11.8 Å². The maximum absolute atomic E-state index is 12.5. The van der Waals surface area contributed by atoms with Crippen molar-refractivity contribution in [3.05, 3.63) is 89.5 Å². The minimum atomic E-state index is -0.146. The van der Waals surface area contributed by atoms with Crippen LogP contribution in [0.1, 0.15) is 54.0 Å². The number of benzene rings is 3. The molecule has 5 rings (SSSR count). The van der Waals surface area contributed by atoms with Crippen LogP contribution in [-0.2, 0) is 9.59 Å². The minimum absolute atomic E-state index is 0.00754. The monoisotopic (exact) mass is 513 g/mol. The van der Waals surface area contributed by atoms with Gasteiger partial charge >= 0.3 is 0 Å². The lowest BCUT2D eigenvalue weighted by Gasteiger charge is -2.22. The van der Waals surface area contributed by atoms with Gasteiger partial charge in [-0.2, -0.15) is 5.10 Å². The molecule has 6 nitrogen and oxygen atoms in total. The molecule has 2 amide bonds. The van der Waals surface area contributed by atoms with Gasteiger partial charge in [-0.25, -0.2) is 5.43 Å². The molecule has 3 aromatic rings. The first-order chi connectivity index (χ1) is 18.2. The van der Waals surface area contributed by atoms with E-state index in [1.54, 1.807) is 30.1 Å². The van der Waals surface area contributed by atoms with Crippen molar-refractivity contribution in [3.8, 4) is 16.9 Å². The van der Waals surface area contributed by atoms with Crippen LogP contribution in [0, 0.1) is 0 Å². The van der Waals surface area contributed by atoms with Gasteiger partial charge < -0.3 is 10.1 Å². The molecule has 0 spiro atoms. The summed E-state index contributed by atoms with van der Waals surface area (Å²) >= 11 is 1.61. The summed E-state index contributed by atoms with van der Waals surface area (Å²) in [5.74, 6) is 0.698. The van der Waals surface area contributed by atoms with Crippen molar-refractivity contribution in [2.45, 2.75) is 43.4 Å². The molecule has 0 radical (unpaired) electrons. The third-order valence-electron chi connectivity index (χ3n) is 6.78. The number of carbonyl (C=O) groups is 2. The number of amides is 2. The lowest BCUT2D eigenvalue weighted by molar-refractivity contribution is -0.124. The minimum Gasteiger partial charge on any atom is -0.484 e. The second-order valence-electron chi connectivity index (χ2n) is 9.42. The molecule has 0 atom stereocenters. The maximum Gasteiger partial charge on any atom is 0.258 e. The summed E-state index contributed by atoms with van der Waals surface area (Å²) in [5.41, 5.74) is 8.43. The smallest absolute Gasteiger partial charge is 0.258 e. The molecule has 2 aliphatic rings. The highest BCUT2D eigenvalue weighted by Gasteiger charge is 2.28. The number of nitrogens with one attached hydrogen (secondary N) is 2. The Hall–Kier alpha value is -3.58. The van der Waals surface area contributed by atoms with Gasteiger partial charge in [0.15, 0.2) is 6.61 Å². The third-order valence-corrected chi connectivity index (χ3v) is 8.05. The SMILES string of the molecule is O=C(CSC1c2ccccc2-c2ccccc21)N/N=C\c1ccc(OCC(=O)NC2CCCCC2)cc1. The molecule has 0 heterocycles. The molecular formula is C30H31N3O3S. The number of ether oxygens (including phenoxy) is 1. The Kier molecular flexibility index (Phi) is 8.21. The van der Waals surface area contributed by atoms with E-state index in [0.29, 0.717) is 11.5 Å². The van der Waals surface area contributed by atoms with Crippen molar-refractivity contribution >= 4 is 29.8 Å². The number of carbonyl (C=O) groups excluding carboxylic acids is 2. The molecule has 0 aromatic heterocycles. The van der Waals surface area contributed by atoms with Gasteiger partial charge in [-0.05, 0) is 64.9 Å². The zero-order chi connectivity index (χ0) is 25.5. The average Bonchev–Trinajstić information content (AvgIpc) is 3.26. The molecule has 0 aliphatic heterocycles. The van der Waals surface area contributed by atoms with Crippen LogP contribution in [0.5, 0.6) is 5.75 Å². The Balaban J connectivity index is 1.06. The van der Waals surface area contributed by atoms with E-state index in [1.165, 1.54) is 41.5 Å². The molecule has 0 saturated heterocycles. The van der Waals surface area contributed by atoms with Gasteiger partial charge in [0.25, 0.3) is 5.91 Å². The Labute approximate surface area is 221 Å². The summed E-state index contributed by atoms with van der Waals surface area (Å²) in [4.78, 5) is 24.6. The topological polar surface area (TPSA) is 79.8 Å². The molecule has 0 unspecified atom stereocenters. The van der Waals surface area contributed by atoms with E-state index < -0.39 is 0 Å². The van der Waals surface area contributed by atoms with Crippen LogP contribution in [0.2, 0.25) is 0 Å². The summed E-state index contributed by atoms with van der Waals surface area (Å²) in [5, 5.41) is 7.29. The fourth-order valence-corrected chi connectivity index (χ4v) is 6.13. The van der Waals surface area contributed by atoms with Crippen molar-refractivity contribution in [3.63, 3.8) is 0 Å². The molecule has 190 valence electrons. The van der Waals surface area contributed by atoms with Gasteiger partial charge in [-0.1, -0.05) is 67.8 Å². The van der Waals surface area contributed by atoms with E-state index in [2.05, 4.69) is 52.2 Å². The van der Waals surface area contributed by atoms with E-state index in [0.717, 1.165) is 18.4 Å². The van der Waals surface area contributed by atoms with E-state index in [9.17, 15) is 9.59 Å². The molecule has 2 aliphatic carbocycles. The van der Waals surface area contributed by atoms with E-state index in [4.69, 9.17) is 4.74 Å². The van der Waals surface area contributed by atoms with Crippen molar-refractivity contribution < 1.29 is 14.3 Å². The zero-order valence-corrected chi connectivity index (χ0v) is 21.5. The Bertz CT molecular complexity index is 1220. The van der Waals surface area contributed by atoms with E-state index >= 15 is 0 Å². The lowest BCUT2D eigenvalue weighted by atomic mass is 9.95. The van der Waals surface area contributed by atoms with Crippen molar-refractivity contribution in [1.29, 1.82) is 0 Å². The summed E-state index contributed by atoms with van der Waals surface area (Å²) < 4.78 is 5.61. The number of nitrogens with zero attached hydrogens (tertiary/aromatic N) is 1. The largest absolute Gasteiger partial charge is 0.484 e. The van der Waals surface area contributed by atoms with Crippen LogP contribution < -0.4 is 15.5 Å². The number of hydrazone groups is 1. The molecule has 0 bridgehead atoms. The number of hydrogen-bond acceptors (Lipinski definition) is 5. The predicted octanol–water partition coefficient (Wildman–Crippen LogP) is 5.47. The van der Waals surface area contributed by atoms with Crippen LogP contribution in [0.15, 0.2) is 77.9 Å². The van der Waals surface area contributed by atoms with Gasteiger partial charge in [-0.3, -0.25) is 9.59 Å². The Morgan fingerprint density at radius 1 is 0.865 bits per heavy atom. The maximum atomic E-state index is 12.5. The number of thioether (sulfide) groups is 1. The second-order valence-corrected chi connectivity index (χ2v) is 10.5. The van der Waals surface area contributed by atoms with Crippen LogP contribution in [0.25, 0.3) is 11.1 Å². The highest BCUT2D eigenvalue weighted by atomic mass is 32.2. The van der Waals surface area contributed by atoms with Crippen LogP contribution in [0.3, 0.4) is 0 Å². The van der Waals surface area contributed by atoms with E-state index in [1.807, 2.05) is 24.3 Å². The fraction of sp³-hybridized carbons (Fsp3) is 0.300. The van der Waals surface area contributed by atoms with Gasteiger partial charge in [0.1, 0.15) is 5.75 Å². The Morgan fingerprint density at radius 2 is 1.51 bits per heavy atom. The number of hydrogen-bond donors (Lipinski definition) is 2. The van der Waals surface area contributed by atoms with Gasteiger partial charge in [-0.15, -0.1) is 11.8 Å². The Morgan fingerprint density at radius 3 is 2.19 bits per heavy atom. The van der Waals surface area contributed by atoms with Crippen molar-refractivity contribution in [2.75, 3.05) is 12.4 Å². The summed E-state index contributed by atoms with van der Waals surface area (Å²) in [6, 6.07) is 24.3. The first kappa shape index (κ1) is 25.1. The van der Waals surface area contributed by atoms with Crippen LogP contribution in [0.4, 0.5) is 0 Å². The first-order valence-electron chi connectivity index (χ1n) is 12.8. The lowest BCUT2D eigenvalue weighted by Crippen LogP contribution is -2.38. The molecule has 7 heteroatoms. The van der Waals surface area contributed by atoms with Gasteiger partial charge in [0.2, 0.25) is 5.91 Å². The molecule has 1 saturated carbocycles. The highest BCUT2D eigenvalue weighted by molar-refractivity contribution is 8.00. The number of fused-ring (bicyclic) bond motifs is 3. The fourth-order valence-electron chi connectivity index (χ4n) is 4.97. The molecule has 37 heavy (non-hydrogen) atoms. The highest BCUT2D eigenvalue weighted by Crippen LogP contribution is 2.49. The normalized spacial score (nSPS) is 15.2. The van der Waals surface area contributed by atoms with Gasteiger partial charge in [0, 0.05) is 6.04 Å². The predicted molar refractivity (Wildman–Crippen MR) is 149 cm³/mol. The average molecular weight is 514 g/mol. The third kappa shape index (κ3) is 6.41. The standard InChI is InChI=1S/C30H31N3O3S/c34-28(32-22-8-2-1-3-9-22)19-36-23-16-14-21(15-17-23)18-31-33-29(35)20-37-30-26-12-6-4-10-24(26)25-11-5-7-13-27(25)30/h4-7,10-18,22,30H,1-3,8-9,19-20H2,(H,32,34)(H,33,35)/b31-18-. The van der Waals surface area contributed by atoms with Crippen molar-refractivity contribution in [2.24, 2.45) is 5.10 Å². The van der Waals surface area contributed by atoms with Crippen LogP contribution in [-0.4, -0.2) is 36.4 Å². The first-order valence-corrected chi connectivity index (χ1v) is 13.9. The molecular weight excluding hydrogens is 482 g/mol. The molecule has 3 aromatic carbocycles. The molecule has 2 N–H and O–H groups in total. The second kappa shape index (κ2) is 12.1. The summed E-state index contributed by atoms with van der Waals surface area (Å²) in [7, 11) is 0. The zero-order valence-electron chi connectivity index (χ0n) is 20.7. The number of rotatable bonds is 9.